The van der Waals surface area contributed by atoms with Crippen molar-refractivity contribution in [2.45, 2.75) is 13.5 Å². The minimum absolute atomic E-state index is 0.0503. The molecule has 0 atom stereocenters. The minimum atomic E-state index is -0.653. The van der Waals surface area contributed by atoms with Gasteiger partial charge in [0.2, 0.25) is 0 Å². The molecule has 0 aromatic heterocycles. The predicted octanol–water partition coefficient (Wildman–Crippen LogP) is 8.26. The Hall–Kier alpha value is -2.49. The lowest BCUT2D eigenvalue weighted by atomic mass is 10.1. The van der Waals surface area contributed by atoms with Crippen LogP contribution in [0.2, 0.25) is 15.1 Å². The van der Waals surface area contributed by atoms with Crippen molar-refractivity contribution in [1.82, 2.24) is 4.90 Å². The molecule has 3 aromatic carbocycles. The van der Waals surface area contributed by atoms with Gasteiger partial charge in [-0.25, -0.2) is 4.79 Å². The van der Waals surface area contributed by atoms with Gasteiger partial charge in [0, 0.05) is 15.6 Å². The number of hydrogen-bond acceptors (Lipinski definition) is 6. The van der Waals surface area contributed by atoms with E-state index in [0.29, 0.717) is 32.3 Å². The number of carbonyl (C=O) groups is 3. The highest BCUT2D eigenvalue weighted by molar-refractivity contribution is 9.10. The van der Waals surface area contributed by atoms with E-state index in [2.05, 4.69) is 15.9 Å². The molecule has 0 saturated carbocycles. The van der Waals surface area contributed by atoms with Crippen molar-refractivity contribution >= 4 is 85.7 Å². The molecule has 1 heterocycles. The van der Waals surface area contributed by atoms with Crippen LogP contribution in [0.15, 0.2) is 64.0 Å². The first kappa shape index (κ1) is 27.5. The van der Waals surface area contributed by atoms with Crippen LogP contribution in [0.4, 0.5) is 4.79 Å². The molecule has 3 aromatic rings. The van der Waals surface area contributed by atoms with Crippen LogP contribution >= 0.6 is 62.5 Å². The summed E-state index contributed by atoms with van der Waals surface area (Å²) in [5.74, 6) is -0.704. The van der Waals surface area contributed by atoms with Gasteiger partial charge in [-0.2, -0.15) is 0 Å². The number of carbonyl (C=O) groups excluding carboxylic acids is 3. The lowest BCUT2D eigenvalue weighted by Crippen LogP contribution is -2.27. The van der Waals surface area contributed by atoms with E-state index in [1.54, 1.807) is 67.6 Å². The van der Waals surface area contributed by atoms with E-state index in [9.17, 15) is 14.4 Å². The van der Waals surface area contributed by atoms with Crippen molar-refractivity contribution in [1.29, 1.82) is 0 Å². The van der Waals surface area contributed by atoms with Gasteiger partial charge in [-0.3, -0.25) is 14.5 Å². The quantitative estimate of drug-likeness (QED) is 0.147. The minimum Gasteiger partial charge on any atom is -0.490 e. The van der Waals surface area contributed by atoms with E-state index in [1.165, 1.54) is 0 Å². The van der Waals surface area contributed by atoms with Gasteiger partial charge in [-0.1, -0.05) is 53.0 Å². The lowest BCUT2D eigenvalue weighted by molar-refractivity contribution is -0.123. The van der Waals surface area contributed by atoms with Gasteiger partial charge >= 0.3 is 5.97 Å². The van der Waals surface area contributed by atoms with E-state index >= 15 is 0 Å². The number of amides is 2. The van der Waals surface area contributed by atoms with Gasteiger partial charge in [-0.15, -0.1) is 0 Å². The van der Waals surface area contributed by atoms with Crippen molar-refractivity contribution in [2.24, 2.45) is 0 Å². The first-order chi connectivity index (χ1) is 17.7. The molecule has 1 aliphatic heterocycles. The zero-order chi connectivity index (χ0) is 26.7. The van der Waals surface area contributed by atoms with Crippen LogP contribution < -0.4 is 9.47 Å². The standard InChI is InChI=1S/C26H17BrCl3NO5S/c1-2-35-21-11-14(10-17(27)23(21)36-25(33)15-6-3-4-7-18(15)28)12-22-24(32)31(26(34)37-22)13-16-19(29)8-5-9-20(16)30/h3-12H,2,13H2,1H3/b22-12-. The fourth-order valence-electron chi connectivity index (χ4n) is 3.44. The second kappa shape index (κ2) is 11.9. The topological polar surface area (TPSA) is 72.9 Å². The van der Waals surface area contributed by atoms with Gasteiger partial charge in [0.25, 0.3) is 11.1 Å². The molecule has 0 bridgehead atoms. The summed E-state index contributed by atoms with van der Waals surface area (Å²) >= 11 is 22.8. The summed E-state index contributed by atoms with van der Waals surface area (Å²) in [6.45, 7) is 2.03. The van der Waals surface area contributed by atoms with Gasteiger partial charge < -0.3 is 9.47 Å². The van der Waals surface area contributed by atoms with E-state index in [-0.39, 0.29) is 33.5 Å². The van der Waals surface area contributed by atoms with Crippen molar-refractivity contribution in [2.75, 3.05) is 6.61 Å². The molecule has 1 aliphatic rings. The van der Waals surface area contributed by atoms with Crippen LogP contribution in [0.25, 0.3) is 6.08 Å². The number of benzene rings is 3. The molecular weight excluding hydrogens is 625 g/mol. The maximum Gasteiger partial charge on any atom is 0.345 e. The molecule has 0 radical (unpaired) electrons. The Bertz CT molecular complexity index is 1430. The van der Waals surface area contributed by atoms with E-state index < -0.39 is 17.1 Å². The summed E-state index contributed by atoms with van der Waals surface area (Å²) in [5.41, 5.74) is 1.24. The first-order valence-electron chi connectivity index (χ1n) is 10.8. The molecular formula is C26H17BrCl3NO5S. The van der Waals surface area contributed by atoms with Gasteiger partial charge in [-0.05, 0) is 82.7 Å². The first-order valence-corrected chi connectivity index (χ1v) is 13.5. The Morgan fingerprint density at radius 1 is 1.03 bits per heavy atom. The number of hydrogen-bond donors (Lipinski definition) is 0. The summed E-state index contributed by atoms with van der Waals surface area (Å²) in [4.78, 5) is 39.7. The fraction of sp³-hybridized carbons (Fsp3) is 0.115. The van der Waals surface area contributed by atoms with Crippen LogP contribution in [-0.4, -0.2) is 28.6 Å². The summed E-state index contributed by atoms with van der Waals surface area (Å²) in [6.07, 6.45) is 1.56. The Morgan fingerprint density at radius 3 is 2.38 bits per heavy atom. The number of halogens is 4. The van der Waals surface area contributed by atoms with Crippen molar-refractivity contribution in [3.8, 4) is 11.5 Å². The van der Waals surface area contributed by atoms with E-state index in [4.69, 9.17) is 44.3 Å². The largest absolute Gasteiger partial charge is 0.490 e. The molecule has 4 rings (SSSR count). The monoisotopic (exact) mass is 639 g/mol. The molecule has 0 unspecified atom stereocenters. The molecule has 1 fully saturated rings. The van der Waals surface area contributed by atoms with Gasteiger partial charge in [0.05, 0.1) is 33.1 Å². The predicted molar refractivity (Wildman–Crippen MR) is 150 cm³/mol. The van der Waals surface area contributed by atoms with Crippen molar-refractivity contribution in [3.05, 3.63) is 95.7 Å². The maximum atomic E-state index is 13.0. The SMILES string of the molecule is CCOc1cc(/C=C2\SC(=O)N(Cc3c(Cl)cccc3Cl)C2=O)cc(Br)c1OC(=O)c1ccccc1Cl. The number of esters is 1. The molecule has 11 heteroatoms. The Morgan fingerprint density at radius 2 is 1.70 bits per heavy atom. The average Bonchev–Trinajstić information content (AvgIpc) is 3.11. The molecule has 0 N–H and O–H groups in total. The molecule has 37 heavy (non-hydrogen) atoms. The highest BCUT2D eigenvalue weighted by Gasteiger charge is 2.36. The summed E-state index contributed by atoms with van der Waals surface area (Å²) in [5, 5.41) is 0.541. The summed E-state index contributed by atoms with van der Waals surface area (Å²) < 4.78 is 11.7. The number of rotatable bonds is 7. The zero-order valence-corrected chi connectivity index (χ0v) is 23.8. The third-order valence-corrected chi connectivity index (χ3v) is 7.70. The van der Waals surface area contributed by atoms with Crippen molar-refractivity contribution < 1.29 is 23.9 Å². The summed E-state index contributed by atoms with van der Waals surface area (Å²) in [6, 6.07) is 14.8. The van der Waals surface area contributed by atoms with Crippen molar-refractivity contribution in [3.63, 3.8) is 0 Å². The van der Waals surface area contributed by atoms with Crippen LogP contribution in [0.5, 0.6) is 11.5 Å². The average molecular weight is 642 g/mol. The van der Waals surface area contributed by atoms with E-state index in [0.717, 1.165) is 16.7 Å². The second-order valence-corrected chi connectivity index (χ2v) is 10.7. The molecule has 6 nitrogen and oxygen atoms in total. The summed E-state index contributed by atoms with van der Waals surface area (Å²) in [7, 11) is 0. The van der Waals surface area contributed by atoms with Crippen LogP contribution in [0.3, 0.4) is 0 Å². The normalized spacial score (nSPS) is 14.4. The molecule has 2 amide bonds. The maximum absolute atomic E-state index is 13.0. The number of ether oxygens (including phenoxy) is 2. The number of nitrogens with zero attached hydrogens (tertiary/aromatic N) is 1. The fourth-order valence-corrected chi connectivity index (χ4v) is 5.55. The lowest BCUT2D eigenvalue weighted by Gasteiger charge is -2.15. The Labute approximate surface area is 240 Å². The number of thioether (sulfide) groups is 1. The highest BCUT2D eigenvalue weighted by Crippen LogP contribution is 2.40. The van der Waals surface area contributed by atoms with E-state index in [1.807, 2.05) is 0 Å². The third-order valence-electron chi connectivity index (χ3n) is 5.17. The highest BCUT2D eigenvalue weighted by atomic mass is 79.9. The zero-order valence-electron chi connectivity index (χ0n) is 19.1. The molecule has 0 aliphatic carbocycles. The number of imide groups is 1. The van der Waals surface area contributed by atoms with Crippen LogP contribution in [-0.2, 0) is 11.3 Å². The van der Waals surface area contributed by atoms with Gasteiger partial charge in [0.1, 0.15) is 0 Å². The van der Waals surface area contributed by atoms with Crippen LogP contribution in [0.1, 0.15) is 28.4 Å². The Kier molecular flexibility index (Phi) is 8.87. The van der Waals surface area contributed by atoms with Gasteiger partial charge in [0.15, 0.2) is 11.5 Å². The second-order valence-electron chi connectivity index (χ2n) is 7.60. The molecule has 1 saturated heterocycles. The molecule has 190 valence electrons. The van der Waals surface area contributed by atoms with Crippen LogP contribution in [0, 0.1) is 0 Å². The smallest absolute Gasteiger partial charge is 0.345 e. The molecule has 0 spiro atoms. The third kappa shape index (κ3) is 6.16. The Balaban J connectivity index is 1.61.